The zero-order valence-electron chi connectivity index (χ0n) is 11.2. The van der Waals surface area contributed by atoms with Crippen LogP contribution in [0.4, 0.5) is 0 Å². The summed E-state index contributed by atoms with van der Waals surface area (Å²) in [6.07, 6.45) is 11.0. The Balaban J connectivity index is 1.77. The number of aryl methyl sites for hydroxylation is 1. The minimum Gasteiger partial charge on any atom is -0.310 e. The van der Waals surface area contributed by atoms with Crippen LogP contribution in [-0.4, -0.2) is 15.8 Å². The van der Waals surface area contributed by atoms with E-state index in [1.54, 1.807) is 0 Å². The summed E-state index contributed by atoms with van der Waals surface area (Å²) in [5.41, 5.74) is 1.31. The Morgan fingerprint density at radius 2 is 2.29 bits per heavy atom. The van der Waals surface area contributed by atoms with Gasteiger partial charge in [0.1, 0.15) is 0 Å². The number of rotatable bonds is 5. The molecule has 2 rings (SSSR count). The lowest BCUT2D eigenvalue weighted by molar-refractivity contribution is 0.278. The van der Waals surface area contributed by atoms with E-state index in [-0.39, 0.29) is 0 Å². The molecule has 1 heterocycles. The van der Waals surface area contributed by atoms with Gasteiger partial charge in [0.2, 0.25) is 0 Å². The molecule has 0 bridgehead atoms. The molecule has 3 heteroatoms. The van der Waals surface area contributed by atoms with Crippen molar-refractivity contribution in [3.05, 3.63) is 18.0 Å². The first kappa shape index (κ1) is 12.6. The zero-order chi connectivity index (χ0) is 12.1. The summed E-state index contributed by atoms with van der Waals surface area (Å²) in [6, 6.07) is 0.721. The third kappa shape index (κ3) is 3.56. The van der Waals surface area contributed by atoms with Crippen LogP contribution in [0.5, 0.6) is 0 Å². The normalized spacial score (nSPS) is 25.1. The highest BCUT2D eigenvalue weighted by Gasteiger charge is 2.20. The summed E-state index contributed by atoms with van der Waals surface area (Å²) in [5, 5.41) is 7.99. The summed E-state index contributed by atoms with van der Waals surface area (Å²) in [7, 11) is 0. The predicted octanol–water partition coefficient (Wildman–Crippen LogP) is 2.96. The average molecular weight is 235 g/mol. The van der Waals surface area contributed by atoms with Gasteiger partial charge in [-0.25, -0.2) is 0 Å². The van der Waals surface area contributed by atoms with Gasteiger partial charge in [0.05, 0.1) is 6.20 Å². The number of hydrogen-bond acceptors (Lipinski definition) is 2. The van der Waals surface area contributed by atoms with Crippen LogP contribution in [0, 0.1) is 5.92 Å². The first-order chi connectivity index (χ1) is 8.31. The topological polar surface area (TPSA) is 29.9 Å². The van der Waals surface area contributed by atoms with Crippen molar-refractivity contribution in [2.75, 3.05) is 0 Å². The molecule has 1 aromatic heterocycles. The van der Waals surface area contributed by atoms with Crippen LogP contribution in [0.2, 0.25) is 0 Å². The summed E-state index contributed by atoms with van der Waals surface area (Å²) >= 11 is 0. The minimum absolute atomic E-state index is 0.721. The van der Waals surface area contributed by atoms with Crippen molar-refractivity contribution >= 4 is 0 Å². The molecular formula is C14H25N3. The molecule has 1 aromatic rings. The molecule has 1 N–H and O–H groups in total. The smallest absolute Gasteiger partial charge is 0.0534 e. The molecule has 0 aliphatic heterocycles. The Kier molecular flexibility index (Phi) is 4.60. The van der Waals surface area contributed by atoms with Crippen molar-refractivity contribution in [2.45, 2.75) is 65.1 Å². The lowest BCUT2D eigenvalue weighted by Gasteiger charge is -2.29. The van der Waals surface area contributed by atoms with E-state index in [1.165, 1.54) is 37.7 Å². The molecule has 1 aliphatic rings. The highest BCUT2D eigenvalue weighted by molar-refractivity contribution is 5.03. The first-order valence-electron chi connectivity index (χ1n) is 7.06. The maximum Gasteiger partial charge on any atom is 0.0534 e. The molecule has 2 unspecified atom stereocenters. The van der Waals surface area contributed by atoms with Gasteiger partial charge in [-0.15, -0.1) is 0 Å². The van der Waals surface area contributed by atoms with Crippen LogP contribution < -0.4 is 5.32 Å². The van der Waals surface area contributed by atoms with Crippen LogP contribution in [0.25, 0.3) is 0 Å². The van der Waals surface area contributed by atoms with Gasteiger partial charge < -0.3 is 5.32 Å². The third-order valence-corrected chi connectivity index (χ3v) is 3.97. The molecule has 1 fully saturated rings. The molecule has 17 heavy (non-hydrogen) atoms. The van der Waals surface area contributed by atoms with E-state index >= 15 is 0 Å². The molecule has 0 radical (unpaired) electrons. The number of hydrogen-bond donors (Lipinski definition) is 1. The number of nitrogens with zero attached hydrogens (tertiary/aromatic N) is 2. The Hall–Kier alpha value is -0.830. The van der Waals surface area contributed by atoms with Gasteiger partial charge in [-0.1, -0.05) is 26.2 Å². The molecule has 0 spiro atoms. The van der Waals surface area contributed by atoms with Crippen LogP contribution in [0.1, 0.15) is 51.5 Å². The van der Waals surface area contributed by atoms with Crippen LogP contribution in [0.15, 0.2) is 12.4 Å². The fourth-order valence-corrected chi connectivity index (χ4v) is 2.78. The monoisotopic (exact) mass is 235 g/mol. The van der Waals surface area contributed by atoms with E-state index in [1.807, 2.05) is 10.9 Å². The molecule has 96 valence electrons. The molecule has 2 atom stereocenters. The van der Waals surface area contributed by atoms with Gasteiger partial charge >= 0.3 is 0 Å². The Morgan fingerprint density at radius 3 is 3.00 bits per heavy atom. The van der Waals surface area contributed by atoms with E-state index in [0.29, 0.717) is 0 Å². The fraction of sp³-hybridized carbons (Fsp3) is 0.786. The van der Waals surface area contributed by atoms with Gasteiger partial charge in [0.25, 0.3) is 0 Å². The second-order valence-corrected chi connectivity index (χ2v) is 5.22. The Bertz CT molecular complexity index is 332. The highest BCUT2D eigenvalue weighted by atomic mass is 15.3. The van der Waals surface area contributed by atoms with Gasteiger partial charge in [-0.05, 0) is 25.7 Å². The van der Waals surface area contributed by atoms with Crippen molar-refractivity contribution in [1.29, 1.82) is 0 Å². The second kappa shape index (κ2) is 6.20. The lowest BCUT2D eigenvalue weighted by atomic mass is 9.84. The summed E-state index contributed by atoms with van der Waals surface area (Å²) in [6.45, 7) is 6.37. The third-order valence-electron chi connectivity index (χ3n) is 3.97. The Labute approximate surface area is 105 Å². The second-order valence-electron chi connectivity index (χ2n) is 5.22. The van der Waals surface area contributed by atoms with Crippen molar-refractivity contribution in [1.82, 2.24) is 15.1 Å². The van der Waals surface area contributed by atoms with Crippen molar-refractivity contribution in [2.24, 2.45) is 5.92 Å². The molecule has 3 nitrogen and oxygen atoms in total. The Morgan fingerprint density at radius 1 is 1.41 bits per heavy atom. The van der Waals surface area contributed by atoms with E-state index < -0.39 is 0 Å². The standard InChI is InChI=1S/C14H25N3/c1-3-12-6-5-7-14(8-12)15-9-13-10-16-17(4-2)11-13/h10-12,14-15H,3-9H2,1-2H3. The maximum absolute atomic E-state index is 4.31. The van der Waals surface area contributed by atoms with Crippen molar-refractivity contribution in [3.8, 4) is 0 Å². The minimum atomic E-state index is 0.721. The van der Waals surface area contributed by atoms with Crippen molar-refractivity contribution < 1.29 is 0 Å². The molecular weight excluding hydrogens is 210 g/mol. The fourth-order valence-electron chi connectivity index (χ4n) is 2.78. The van der Waals surface area contributed by atoms with Gasteiger partial charge in [0.15, 0.2) is 0 Å². The van der Waals surface area contributed by atoms with Crippen LogP contribution in [0.3, 0.4) is 0 Å². The molecule has 0 saturated heterocycles. The predicted molar refractivity (Wildman–Crippen MR) is 70.8 cm³/mol. The van der Waals surface area contributed by atoms with Crippen LogP contribution in [-0.2, 0) is 13.1 Å². The molecule has 0 amide bonds. The lowest BCUT2D eigenvalue weighted by Crippen LogP contribution is -2.33. The molecule has 1 aliphatic carbocycles. The maximum atomic E-state index is 4.31. The zero-order valence-corrected chi connectivity index (χ0v) is 11.2. The summed E-state index contributed by atoms with van der Waals surface area (Å²) < 4.78 is 1.99. The summed E-state index contributed by atoms with van der Waals surface area (Å²) in [4.78, 5) is 0. The molecule has 0 aromatic carbocycles. The number of aromatic nitrogens is 2. The first-order valence-corrected chi connectivity index (χ1v) is 7.06. The van der Waals surface area contributed by atoms with Gasteiger partial charge in [0, 0.05) is 30.9 Å². The van der Waals surface area contributed by atoms with Gasteiger partial charge in [-0.2, -0.15) is 5.10 Å². The van der Waals surface area contributed by atoms with E-state index in [9.17, 15) is 0 Å². The van der Waals surface area contributed by atoms with E-state index in [4.69, 9.17) is 0 Å². The quantitative estimate of drug-likeness (QED) is 0.850. The largest absolute Gasteiger partial charge is 0.310 e. The van der Waals surface area contributed by atoms with E-state index in [2.05, 4.69) is 30.5 Å². The van der Waals surface area contributed by atoms with Gasteiger partial charge in [-0.3, -0.25) is 4.68 Å². The average Bonchev–Trinajstić information content (AvgIpc) is 2.84. The van der Waals surface area contributed by atoms with Crippen LogP contribution >= 0.6 is 0 Å². The summed E-state index contributed by atoms with van der Waals surface area (Å²) in [5.74, 6) is 0.944. The number of nitrogens with one attached hydrogen (secondary N) is 1. The van der Waals surface area contributed by atoms with Crippen molar-refractivity contribution in [3.63, 3.8) is 0 Å². The van der Waals surface area contributed by atoms with E-state index in [0.717, 1.165) is 25.0 Å². The SMILES string of the molecule is CCC1CCCC(NCc2cnn(CC)c2)C1. The highest BCUT2D eigenvalue weighted by Crippen LogP contribution is 2.26. The molecule has 1 saturated carbocycles.